The van der Waals surface area contributed by atoms with E-state index in [2.05, 4.69) is 30.3 Å². The summed E-state index contributed by atoms with van der Waals surface area (Å²) in [5, 5.41) is 3.37. The van der Waals surface area contributed by atoms with E-state index in [0.29, 0.717) is 0 Å². The normalized spacial score (nSPS) is 11.3. The molecular formula is C15H22N2O2. The molecule has 2 heterocycles. The van der Waals surface area contributed by atoms with E-state index in [1.54, 1.807) is 6.26 Å². The molecule has 0 fully saturated rings. The number of nitrogens with zero attached hydrogens (tertiary/aromatic N) is 1. The molecule has 0 spiro atoms. The Kier molecular flexibility index (Phi) is 5.24. The van der Waals surface area contributed by atoms with Crippen LogP contribution in [0.25, 0.3) is 0 Å². The Balaban J connectivity index is 1.78. The van der Waals surface area contributed by atoms with E-state index >= 15 is 0 Å². The monoisotopic (exact) mass is 262 g/mol. The van der Waals surface area contributed by atoms with Gasteiger partial charge in [-0.2, -0.15) is 0 Å². The molecule has 0 radical (unpaired) electrons. The van der Waals surface area contributed by atoms with Crippen LogP contribution in [0.4, 0.5) is 0 Å². The summed E-state index contributed by atoms with van der Waals surface area (Å²) in [6, 6.07) is 6.01. The zero-order valence-electron chi connectivity index (χ0n) is 11.7. The third-order valence-corrected chi connectivity index (χ3v) is 2.90. The van der Waals surface area contributed by atoms with Gasteiger partial charge in [0.2, 0.25) is 0 Å². The molecule has 104 valence electrons. The van der Waals surface area contributed by atoms with Gasteiger partial charge in [-0.05, 0) is 38.2 Å². The quantitative estimate of drug-likeness (QED) is 0.743. The fourth-order valence-electron chi connectivity index (χ4n) is 2.00. The van der Waals surface area contributed by atoms with Crippen molar-refractivity contribution < 1.29 is 8.83 Å². The van der Waals surface area contributed by atoms with E-state index in [4.69, 9.17) is 8.83 Å². The zero-order chi connectivity index (χ0) is 13.5. The summed E-state index contributed by atoms with van der Waals surface area (Å²) in [6.07, 6.45) is 4.68. The van der Waals surface area contributed by atoms with Gasteiger partial charge in [0.1, 0.15) is 11.5 Å². The van der Waals surface area contributed by atoms with Crippen LogP contribution in [-0.4, -0.2) is 18.5 Å². The summed E-state index contributed by atoms with van der Waals surface area (Å²) < 4.78 is 10.9. The molecule has 0 aliphatic heterocycles. The van der Waals surface area contributed by atoms with Gasteiger partial charge < -0.3 is 14.2 Å². The Morgan fingerprint density at radius 1 is 1.21 bits per heavy atom. The van der Waals surface area contributed by atoms with Crippen LogP contribution in [0.1, 0.15) is 30.4 Å². The number of nitrogens with one attached hydrogen (secondary N) is 1. The second kappa shape index (κ2) is 7.16. The van der Waals surface area contributed by atoms with E-state index < -0.39 is 0 Å². The molecule has 0 amide bonds. The number of rotatable bonds is 8. The summed E-state index contributed by atoms with van der Waals surface area (Å²) in [5.41, 5.74) is 1.20. The van der Waals surface area contributed by atoms with Crippen LogP contribution in [0.2, 0.25) is 0 Å². The zero-order valence-corrected chi connectivity index (χ0v) is 11.7. The Morgan fingerprint density at radius 3 is 2.79 bits per heavy atom. The molecule has 0 bridgehead atoms. The van der Waals surface area contributed by atoms with Crippen molar-refractivity contribution in [3.8, 4) is 0 Å². The van der Waals surface area contributed by atoms with Crippen LogP contribution in [0, 0.1) is 0 Å². The van der Waals surface area contributed by atoms with Crippen molar-refractivity contribution in [3.63, 3.8) is 0 Å². The maximum atomic E-state index is 5.57. The molecule has 2 aromatic heterocycles. The highest BCUT2D eigenvalue weighted by Gasteiger charge is 2.07. The van der Waals surface area contributed by atoms with E-state index in [1.165, 1.54) is 5.56 Å². The predicted octanol–water partition coefficient (Wildman–Crippen LogP) is 3.00. The minimum Gasteiger partial charge on any atom is -0.468 e. The Bertz CT molecular complexity index is 462. The summed E-state index contributed by atoms with van der Waals surface area (Å²) in [7, 11) is 2.06. The van der Waals surface area contributed by atoms with Crippen LogP contribution in [-0.2, 0) is 19.6 Å². The maximum Gasteiger partial charge on any atom is 0.118 e. The second-order valence-corrected chi connectivity index (χ2v) is 4.85. The van der Waals surface area contributed by atoms with Crippen molar-refractivity contribution in [2.24, 2.45) is 0 Å². The molecule has 4 nitrogen and oxygen atoms in total. The van der Waals surface area contributed by atoms with Gasteiger partial charge in [-0.25, -0.2) is 0 Å². The van der Waals surface area contributed by atoms with E-state index in [1.807, 2.05) is 18.4 Å². The Labute approximate surface area is 114 Å². The summed E-state index contributed by atoms with van der Waals surface area (Å²) in [6.45, 7) is 5.65. The van der Waals surface area contributed by atoms with Crippen molar-refractivity contribution >= 4 is 0 Å². The molecule has 1 N–H and O–H groups in total. The van der Waals surface area contributed by atoms with Crippen LogP contribution in [0.15, 0.2) is 39.6 Å². The fraction of sp³-hybridized carbons (Fsp3) is 0.467. The molecule has 2 aromatic rings. The third-order valence-electron chi connectivity index (χ3n) is 2.90. The standard InChI is InChI=1S/C15H22N2O2/c1-3-6-16-9-13-8-15(19-12-13)11-17(2)10-14-5-4-7-18-14/h4-5,7-8,12,16H,3,6,9-11H2,1-2H3. The smallest absolute Gasteiger partial charge is 0.118 e. The van der Waals surface area contributed by atoms with Gasteiger partial charge >= 0.3 is 0 Å². The van der Waals surface area contributed by atoms with Gasteiger partial charge in [0.25, 0.3) is 0 Å². The predicted molar refractivity (Wildman–Crippen MR) is 74.6 cm³/mol. The van der Waals surface area contributed by atoms with Crippen LogP contribution in [0.5, 0.6) is 0 Å². The molecule has 2 rings (SSSR count). The lowest BCUT2D eigenvalue weighted by molar-refractivity contribution is 0.264. The Hall–Kier alpha value is -1.52. The summed E-state index contributed by atoms with van der Waals surface area (Å²) in [5.74, 6) is 1.96. The van der Waals surface area contributed by atoms with Gasteiger partial charge in [-0.3, -0.25) is 4.90 Å². The SMILES string of the molecule is CCCNCc1coc(CN(C)Cc2ccco2)c1. The minimum atomic E-state index is 0.786. The van der Waals surface area contributed by atoms with Gasteiger partial charge in [0.15, 0.2) is 0 Å². The lowest BCUT2D eigenvalue weighted by atomic mass is 10.3. The first-order valence-corrected chi connectivity index (χ1v) is 6.76. The highest BCUT2D eigenvalue weighted by atomic mass is 16.3. The second-order valence-electron chi connectivity index (χ2n) is 4.85. The lowest BCUT2D eigenvalue weighted by Gasteiger charge is -2.12. The van der Waals surface area contributed by atoms with Gasteiger partial charge in [-0.1, -0.05) is 6.92 Å². The van der Waals surface area contributed by atoms with Crippen LogP contribution < -0.4 is 5.32 Å². The number of hydrogen-bond donors (Lipinski definition) is 1. The molecule has 0 atom stereocenters. The van der Waals surface area contributed by atoms with E-state index in [0.717, 1.165) is 44.1 Å². The first kappa shape index (κ1) is 13.9. The average molecular weight is 262 g/mol. The van der Waals surface area contributed by atoms with E-state index in [-0.39, 0.29) is 0 Å². The van der Waals surface area contributed by atoms with Crippen molar-refractivity contribution in [1.82, 2.24) is 10.2 Å². The van der Waals surface area contributed by atoms with Crippen LogP contribution >= 0.6 is 0 Å². The maximum absolute atomic E-state index is 5.57. The molecule has 0 aromatic carbocycles. The third kappa shape index (κ3) is 4.58. The largest absolute Gasteiger partial charge is 0.468 e. The molecule has 0 unspecified atom stereocenters. The fourth-order valence-corrected chi connectivity index (χ4v) is 2.00. The van der Waals surface area contributed by atoms with Crippen molar-refractivity contribution in [2.45, 2.75) is 33.0 Å². The highest BCUT2D eigenvalue weighted by molar-refractivity contribution is 5.12. The molecule has 0 saturated carbocycles. The lowest BCUT2D eigenvalue weighted by Crippen LogP contribution is -2.16. The molecule has 0 aliphatic carbocycles. The molecule has 0 aliphatic rings. The topological polar surface area (TPSA) is 41.6 Å². The summed E-state index contributed by atoms with van der Waals surface area (Å²) in [4.78, 5) is 2.17. The van der Waals surface area contributed by atoms with Crippen LogP contribution in [0.3, 0.4) is 0 Å². The van der Waals surface area contributed by atoms with Gasteiger partial charge in [0.05, 0.1) is 25.6 Å². The first-order valence-electron chi connectivity index (χ1n) is 6.76. The average Bonchev–Trinajstić information content (AvgIpc) is 3.02. The number of hydrogen-bond acceptors (Lipinski definition) is 4. The van der Waals surface area contributed by atoms with Crippen molar-refractivity contribution in [3.05, 3.63) is 47.8 Å². The van der Waals surface area contributed by atoms with Crippen molar-refractivity contribution in [1.29, 1.82) is 0 Å². The molecule has 4 heteroatoms. The highest BCUT2D eigenvalue weighted by Crippen LogP contribution is 2.12. The van der Waals surface area contributed by atoms with Gasteiger partial charge in [-0.15, -0.1) is 0 Å². The number of furan rings is 2. The summed E-state index contributed by atoms with van der Waals surface area (Å²) >= 11 is 0. The molecular weight excluding hydrogens is 240 g/mol. The Morgan fingerprint density at radius 2 is 2.05 bits per heavy atom. The van der Waals surface area contributed by atoms with E-state index in [9.17, 15) is 0 Å². The molecule has 0 saturated heterocycles. The molecule has 19 heavy (non-hydrogen) atoms. The van der Waals surface area contributed by atoms with Crippen molar-refractivity contribution in [2.75, 3.05) is 13.6 Å². The minimum absolute atomic E-state index is 0.786. The van der Waals surface area contributed by atoms with Gasteiger partial charge in [0, 0.05) is 12.1 Å². The first-order chi connectivity index (χ1) is 9.28.